The number of rotatable bonds is 36. The van der Waals surface area contributed by atoms with E-state index in [9.17, 15) is 57.5 Å². The first-order valence-electron chi connectivity index (χ1n) is 21.3. The number of nitrogens with zero attached hydrogens (tertiary/aromatic N) is 2. The van der Waals surface area contributed by atoms with Crippen LogP contribution in [0.4, 0.5) is 0 Å². The average Bonchev–Trinajstić information content (AvgIpc) is 3.26. The number of guanidine groups is 2. The first-order valence-corrected chi connectivity index (χ1v) is 22.7. The highest BCUT2D eigenvalue weighted by Crippen LogP contribution is 2.10. The Morgan fingerprint density at radius 3 is 1.14 bits per heavy atom. The van der Waals surface area contributed by atoms with E-state index in [4.69, 9.17) is 44.6 Å². The SMILES string of the molecule is CSCCC(NC(=O)C(CCC(=O)NCC(=O)O)NC(=O)C(CCC(=O)NCC(=O)O)NC(C)=O)C(=O)NC(CCC(N)=O)C(=O)NC(CCCN=C(N)N)C(=O)NC(CCCN=C(N)N)C(N)=O. The van der Waals surface area contributed by atoms with Crippen molar-refractivity contribution in [2.24, 2.45) is 44.4 Å². The number of carbonyl (C=O) groups excluding carboxylic acids is 10. The summed E-state index contributed by atoms with van der Waals surface area (Å²) in [4.78, 5) is 159. The van der Waals surface area contributed by atoms with Gasteiger partial charge in [-0.2, -0.15) is 11.8 Å². The number of aliphatic imine (C=N–C) groups is 2. The molecule has 69 heavy (non-hydrogen) atoms. The molecule has 0 aromatic carbocycles. The number of thioether (sulfide) groups is 1. The summed E-state index contributed by atoms with van der Waals surface area (Å²) >= 11 is 1.25. The minimum absolute atomic E-state index is 0.000214. The smallest absolute Gasteiger partial charge is 0.322 e. The minimum atomic E-state index is -1.67. The van der Waals surface area contributed by atoms with Crippen LogP contribution < -0.4 is 76.9 Å². The van der Waals surface area contributed by atoms with Crippen LogP contribution in [0.5, 0.6) is 0 Å². The van der Waals surface area contributed by atoms with Crippen molar-refractivity contribution >= 4 is 94.7 Å². The maximum atomic E-state index is 14.0. The first kappa shape index (κ1) is 61.5. The number of carboxylic acid groups (broad SMARTS) is 2. The number of hydrogen-bond donors (Lipinski definition) is 16. The molecule has 0 aliphatic heterocycles. The standard InChI is InChI=1S/C38H66N16O14S/c1-19(55)49-22(8-11-27(57)47-17-29(59)60)33(65)53-24(9-12-28(58)48-18-30(61)62)35(67)54-25(13-16-69-2)36(68)52-23(7-10-26(39)56)34(66)51-21(6-4-15-46-38(43)44)32(64)50-20(31(40)63)5-3-14-45-37(41)42/h20-25H,3-18H2,1-2H3,(H2,39,56)(H2,40,63)(H,47,57)(H,48,58)(H,49,55)(H,50,64)(H,51,66)(H,52,68)(H,53,65)(H,54,67)(H,59,60)(H,61,62)(H4,41,42,45)(H4,43,44,46). The zero-order valence-electron chi connectivity index (χ0n) is 38.3. The lowest BCUT2D eigenvalue weighted by atomic mass is 10.0. The van der Waals surface area contributed by atoms with Crippen LogP contribution >= 0.6 is 11.8 Å². The van der Waals surface area contributed by atoms with Gasteiger partial charge in [-0.15, -0.1) is 0 Å². The topological polar surface area (TPSA) is 522 Å². The molecule has 0 spiro atoms. The van der Waals surface area contributed by atoms with E-state index in [2.05, 4.69) is 52.5 Å². The average molecular weight is 1000 g/mol. The van der Waals surface area contributed by atoms with Gasteiger partial charge >= 0.3 is 11.9 Å². The third-order valence-electron chi connectivity index (χ3n) is 9.26. The van der Waals surface area contributed by atoms with E-state index < -0.39 is 152 Å². The van der Waals surface area contributed by atoms with E-state index in [0.29, 0.717) is 0 Å². The normalized spacial score (nSPS) is 13.1. The second kappa shape index (κ2) is 33.9. The van der Waals surface area contributed by atoms with Gasteiger partial charge in [0.2, 0.25) is 59.1 Å². The fourth-order valence-electron chi connectivity index (χ4n) is 5.84. The second-order valence-electron chi connectivity index (χ2n) is 15.1. The van der Waals surface area contributed by atoms with E-state index in [1.54, 1.807) is 6.26 Å². The summed E-state index contributed by atoms with van der Waals surface area (Å²) in [5, 5.41) is 36.5. The molecule has 0 aliphatic carbocycles. The highest BCUT2D eigenvalue weighted by Gasteiger charge is 2.33. The Bertz CT molecular complexity index is 1880. The molecule has 0 saturated carbocycles. The van der Waals surface area contributed by atoms with E-state index in [-0.39, 0.29) is 69.3 Å². The molecule has 31 heteroatoms. The highest BCUT2D eigenvalue weighted by molar-refractivity contribution is 7.98. The predicted octanol–water partition coefficient (Wildman–Crippen LogP) is -7.51. The van der Waals surface area contributed by atoms with Gasteiger partial charge in [-0.1, -0.05) is 0 Å². The van der Waals surface area contributed by atoms with Crippen molar-refractivity contribution in [3.8, 4) is 0 Å². The monoisotopic (exact) mass is 1000 g/mol. The van der Waals surface area contributed by atoms with Crippen LogP contribution in [-0.2, 0) is 57.5 Å². The van der Waals surface area contributed by atoms with Crippen molar-refractivity contribution in [2.45, 2.75) is 114 Å². The highest BCUT2D eigenvalue weighted by atomic mass is 32.2. The molecular formula is C38H66N16O14S. The van der Waals surface area contributed by atoms with Gasteiger partial charge in [0, 0.05) is 39.3 Å². The number of nitrogens with two attached hydrogens (primary N) is 6. The molecule has 0 radical (unpaired) electrons. The largest absolute Gasteiger partial charge is 0.480 e. The number of nitrogens with one attached hydrogen (secondary N) is 8. The summed E-state index contributed by atoms with van der Waals surface area (Å²) in [5.41, 5.74) is 32.4. The molecule has 6 unspecified atom stereocenters. The van der Waals surface area contributed by atoms with Crippen LogP contribution in [0.15, 0.2) is 9.98 Å². The van der Waals surface area contributed by atoms with Crippen molar-refractivity contribution in [1.29, 1.82) is 0 Å². The minimum Gasteiger partial charge on any atom is -0.480 e. The third-order valence-corrected chi connectivity index (χ3v) is 9.90. The predicted molar refractivity (Wildman–Crippen MR) is 247 cm³/mol. The van der Waals surface area contributed by atoms with E-state index >= 15 is 0 Å². The lowest BCUT2D eigenvalue weighted by molar-refractivity contribution is -0.138. The molecule has 30 nitrogen and oxygen atoms in total. The Morgan fingerprint density at radius 1 is 0.478 bits per heavy atom. The molecule has 0 heterocycles. The fraction of sp³-hybridized carbons (Fsp3) is 0.632. The van der Waals surface area contributed by atoms with E-state index in [1.807, 2.05) is 0 Å². The van der Waals surface area contributed by atoms with E-state index in [0.717, 1.165) is 6.92 Å². The third kappa shape index (κ3) is 29.7. The van der Waals surface area contributed by atoms with Gasteiger partial charge in [-0.25, -0.2) is 0 Å². The molecule has 6 atom stereocenters. The van der Waals surface area contributed by atoms with Crippen LogP contribution in [0.3, 0.4) is 0 Å². The Kier molecular flexibility index (Phi) is 30.2. The quantitative estimate of drug-likeness (QED) is 0.0157. The summed E-state index contributed by atoms with van der Waals surface area (Å²) in [6, 6.07) is -8.90. The number of carboxylic acids is 2. The van der Waals surface area contributed by atoms with Gasteiger partial charge in [-0.05, 0) is 63.4 Å². The number of aliphatic carboxylic acids is 2. The summed E-state index contributed by atoms with van der Waals surface area (Å²) in [5.74, 6) is -12.2. The summed E-state index contributed by atoms with van der Waals surface area (Å²) < 4.78 is 0. The van der Waals surface area contributed by atoms with Crippen LogP contribution in [-0.4, -0.2) is 168 Å². The number of carbonyl (C=O) groups is 12. The second-order valence-corrected chi connectivity index (χ2v) is 16.0. The molecule has 0 rings (SSSR count). The van der Waals surface area contributed by atoms with Crippen LogP contribution in [0.25, 0.3) is 0 Å². The number of amides is 10. The van der Waals surface area contributed by atoms with Gasteiger partial charge in [-0.3, -0.25) is 67.5 Å². The van der Waals surface area contributed by atoms with Gasteiger partial charge in [0.1, 0.15) is 49.3 Å². The van der Waals surface area contributed by atoms with Crippen molar-refractivity contribution in [3.63, 3.8) is 0 Å². The van der Waals surface area contributed by atoms with Crippen LogP contribution in [0.1, 0.15) is 77.6 Å². The van der Waals surface area contributed by atoms with Gasteiger partial charge in [0.25, 0.3) is 0 Å². The van der Waals surface area contributed by atoms with Crippen LogP contribution in [0, 0.1) is 0 Å². The van der Waals surface area contributed by atoms with Crippen molar-refractivity contribution in [2.75, 3.05) is 38.2 Å². The number of hydrogen-bond acceptors (Lipinski definition) is 15. The molecule has 10 amide bonds. The Morgan fingerprint density at radius 2 is 0.812 bits per heavy atom. The lowest BCUT2D eigenvalue weighted by Gasteiger charge is -2.27. The number of primary amides is 2. The zero-order chi connectivity index (χ0) is 52.6. The molecule has 0 aromatic heterocycles. The molecule has 0 saturated heterocycles. The molecule has 388 valence electrons. The molecule has 22 N–H and O–H groups in total. The van der Waals surface area contributed by atoms with Crippen molar-refractivity contribution in [1.82, 2.24) is 42.5 Å². The van der Waals surface area contributed by atoms with Gasteiger partial charge in [0.15, 0.2) is 11.9 Å². The summed E-state index contributed by atoms with van der Waals surface area (Å²) in [6.45, 7) is -0.353. The maximum absolute atomic E-state index is 14.0. The van der Waals surface area contributed by atoms with Crippen molar-refractivity contribution < 1.29 is 67.7 Å². The van der Waals surface area contributed by atoms with Gasteiger partial charge in [0.05, 0.1) is 0 Å². The first-order chi connectivity index (χ1) is 32.4. The Balaban J connectivity index is 6.74. The molecule has 0 aliphatic rings. The fourth-order valence-corrected chi connectivity index (χ4v) is 6.31. The lowest BCUT2D eigenvalue weighted by Crippen LogP contribution is -2.59. The maximum Gasteiger partial charge on any atom is 0.322 e. The Labute approximate surface area is 400 Å². The summed E-state index contributed by atoms with van der Waals surface area (Å²) in [7, 11) is 0. The van der Waals surface area contributed by atoms with Crippen LogP contribution in [0.2, 0.25) is 0 Å². The molecule has 0 bridgehead atoms. The zero-order valence-corrected chi connectivity index (χ0v) is 39.2. The van der Waals surface area contributed by atoms with E-state index in [1.165, 1.54) is 11.8 Å². The van der Waals surface area contributed by atoms with Crippen molar-refractivity contribution in [3.05, 3.63) is 0 Å². The molecule has 0 fully saturated rings. The molecule has 0 aromatic rings. The summed E-state index contributed by atoms with van der Waals surface area (Å²) in [6.07, 6.45) is -1.03. The Hall–Kier alpha value is -7.47. The van der Waals surface area contributed by atoms with Gasteiger partial charge < -0.3 is 87.1 Å². The molecular weight excluding hydrogens is 937 g/mol.